The third kappa shape index (κ3) is 4.18. The van der Waals surface area contributed by atoms with Gasteiger partial charge in [0.05, 0.1) is 53.8 Å². The van der Waals surface area contributed by atoms with Crippen molar-refractivity contribution in [1.29, 1.82) is 0 Å². The molecule has 2 aliphatic rings. The Morgan fingerprint density at radius 1 is 1.26 bits per heavy atom. The number of ether oxygens (including phenoxy) is 2. The molecule has 7 nitrogen and oxygen atoms in total. The van der Waals surface area contributed by atoms with Crippen LogP contribution in [0.15, 0.2) is 28.9 Å². The van der Waals surface area contributed by atoms with Crippen LogP contribution in [0.4, 0.5) is 13.2 Å². The van der Waals surface area contributed by atoms with E-state index in [1.807, 2.05) is 0 Å². The number of nitrogens with zero attached hydrogens (tertiary/aromatic N) is 3. The van der Waals surface area contributed by atoms with Crippen molar-refractivity contribution in [2.75, 3.05) is 7.11 Å². The molecule has 3 aromatic rings. The zero-order chi connectivity index (χ0) is 24.3. The summed E-state index contributed by atoms with van der Waals surface area (Å²) in [6, 6.07) is 4.51. The van der Waals surface area contributed by atoms with Crippen LogP contribution >= 0.6 is 11.6 Å². The van der Waals surface area contributed by atoms with Crippen molar-refractivity contribution in [3.05, 3.63) is 40.7 Å². The molecule has 2 fully saturated rings. The van der Waals surface area contributed by atoms with Crippen LogP contribution in [0.5, 0.6) is 5.75 Å². The summed E-state index contributed by atoms with van der Waals surface area (Å²) >= 11 is 6.48. The highest BCUT2D eigenvalue weighted by atomic mass is 35.5. The minimum atomic E-state index is -4.71. The van der Waals surface area contributed by atoms with Crippen LogP contribution in [0.25, 0.3) is 22.6 Å². The second kappa shape index (κ2) is 8.28. The molecule has 2 heterocycles. The van der Waals surface area contributed by atoms with Gasteiger partial charge >= 0.3 is 6.18 Å². The van der Waals surface area contributed by atoms with Crippen molar-refractivity contribution in [3.8, 4) is 28.3 Å². The number of hydrogen-bond acceptors (Lipinski definition) is 6. The van der Waals surface area contributed by atoms with Crippen molar-refractivity contribution < 1.29 is 32.3 Å². The average molecular weight is 498 g/mol. The van der Waals surface area contributed by atoms with Gasteiger partial charge in [-0.15, -0.1) is 0 Å². The fraction of sp³-hybridized carbons (Fsp3) is 0.478. The number of benzene rings is 1. The van der Waals surface area contributed by atoms with E-state index in [2.05, 4.69) is 10.3 Å². The van der Waals surface area contributed by atoms with Gasteiger partial charge in [-0.3, -0.25) is 4.68 Å². The molecular weight excluding hydrogens is 475 g/mol. The molecule has 5 rings (SSSR count). The van der Waals surface area contributed by atoms with Crippen LogP contribution in [0, 0.1) is 0 Å². The summed E-state index contributed by atoms with van der Waals surface area (Å²) in [5.41, 5.74) is -1.08. The van der Waals surface area contributed by atoms with E-state index in [9.17, 15) is 18.3 Å². The molecule has 1 aromatic carbocycles. The van der Waals surface area contributed by atoms with Gasteiger partial charge in [-0.05, 0) is 38.7 Å². The van der Waals surface area contributed by atoms with Crippen LogP contribution in [0.3, 0.4) is 0 Å². The van der Waals surface area contributed by atoms with E-state index in [1.54, 1.807) is 25.1 Å². The molecule has 0 atom stereocenters. The van der Waals surface area contributed by atoms with Crippen molar-refractivity contribution in [1.82, 2.24) is 14.9 Å². The Hall–Kier alpha value is -2.56. The predicted molar refractivity (Wildman–Crippen MR) is 116 cm³/mol. The van der Waals surface area contributed by atoms with Gasteiger partial charge in [0.2, 0.25) is 0 Å². The predicted octanol–water partition coefficient (Wildman–Crippen LogP) is 5.65. The van der Waals surface area contributed by atoms with E-state index >= 15 is 0 Å². The Balaban J connectivity index is 1.62. The topological polar surface area (TPSA) is 82.5 Å². The molecule has 11 heteroatoms. The number of alkyl halides is 3. The first-order valence-corrected chi connectivity index (χ1v) is 11.3. The van der Waals surface area contributed by atoms with Crippen LogP contribution in [0.2, 0.25) is 5.02 Å². The van der Waals surface area contributed by atoms with Gasteiger partial charge in [-0.2, -0.15) is 18.3 Å². The van der Waals surface area contributed by atoms with Crippen molar-refractivity contribution in [2.45, 2.75) is 63.1 Å². The lowest BCUT2D eigenvalue weighted by Gasteiger charge is -2.41. The Bertz CT molecular complexity index is 1210. The summed E-state index contributed by atoms with van der Waals surface area (Å²) in [6.45, 7) is 1.60. The van der Waals surface area contributed by atoms with Gasteiger partial charge in [0, 0.05) is 5.56 Å². The average Bonchev–Trinajstić information content (AvgIpc) is 3.31. The van der Waals surface area contributed by atoms with Gasteiger partial charge in [-0.1, -0.05) is 28.9 Å². The Morgan fingerprint density at radius 2 is 2.00 bits per heavy atom. The molecule has 0 bridgehead atoms. The largest absolute Gasteiger partial charge is 0.495 e. The monoisotopic (exact) mass is 497 g/mol. The number of methoxy groups -OCH3 is 1. The number of rotatable bonds is 7. The van der Waals surface area contributed by atoms with Gasteiger partial charge in [-0.25, -0.2) is 0 Å². The molecule has 0 unspecified atom stereocenters. The maximum Gasteiger partial charge on any atom is 0.433 e. The lowest BCUT2D eigenvalue weighted by Crippen LogP contribution is -2.43. The van der Waals surface area contributed by atoms with Crippen molar-refractivity contribution >= 4 is 11.6 Å². The van der Waals surface area contributed by atoms with E-state index < -0.39 is 23.5 Å². The molecule has 2 saturated carbocycles. The molecule has 0 aliphatic heterocycles. The molecule has 0 radical (unpaired) electrons. The van der Waals surface area contributed by atoms with Gasteiger partial charge < -0.3 is 19.1 Å². The molecular formula is C23H23ClF3N3O4. The summed E-state index contributed by atoms with van der Waals surface area (Å²) in [4.78, 5) is 0. The molecule has 0 spiro atoms. The molecule has 34 heavy (non-hydrogen) atoms. The molecule has 182 valence electrons. The first-order valence-electron chi connectivity index (χ1n) is 10.9. The van der Waals surface area contributed by atoms with Crippen LogP contribution in [-0.2, 0) is 17.5 Å². The maximum absolute atomic E-state index is 14.2. The highest BCUT2D eigenvalue weighted by Gasteiger charge is 2.47. The minimum Gasteiger partial charge on any atom is -0.495 e. The summed E-state index contributed by atoms with van der Waals surface area (Å²) in [7, 11) is 1.47. The van der Waals surface area contributed by atoms with Gasteiger partial charge in [0.15, 0.2) is 11.5 Å². The third-order valence-electron chi connectivity index (χ3n) is 6.22. The first kappa shape index (κ1) is 23.2. The number of aromatic nitrogens is 3. The van der Waals surface area contributed by atoms with E-state index in [-0.39, 0.29) is 47.6 Å². The second-order valence-electron chi connectivity index (χ2n) is 9.08. The van der Waals surface area contributed by atoms with E-state index in [0.717, 1.165) is 23.7 Å². The summed E-state index contributed by atoms with van der Waals surface area (Å²) in [5.74, 6) is 0.331. The Labute approximate surface area is 198 Å². The van der Waals surface area contributed by atoms with Crippen LogP contribution in [-0.4, -0.2) is 38.9 Å². The highest BCUT2D eigenvalue weighted by molar-refractivity contribution is 6.34. The normalized spacial score (nSPS) is 22.6. The second-order valence-corrected chi connectivity index (χ2v) is 9.46. The summed E-state index contributed by atoms with van der Waals surface area (Å²) in [6.07, 6.45) is -1.38. The standard InChI is InChI=1S/C23H23ClF3N3O4/c1-22(31)8-12(9-22)30-21(23(25,26)27)15(10-28-30)20-16(11-33-13-6-7-13)19(29-34-20)14-4-3-5-17(32-2)18(14)24/h3-5,10,12-13,31H,6-9,11H2,1-2H3. The summed E-state index contributed by atoms with van der Waals surface area (Å²) in [5, 5.41) is 18.4. The number of halogens is 4. The zero-order valence-corrected chi connectivity index (χ0v) is 19.3. The van der Waals surface area contributed by atoms with Gasteiger partial charge in [0.1, 0.15) is 11.4 Å². The van der Waals surface area contributed by atoms with E-state index in [0.29, 0.717) is 16.9 Å². The van der Waals surface area contributed by atoms with Crippen LogP contribution < -0.4 is 4.74 Å². The Morgan fingerprint density at radius 3 is 2.62 bits per heavy atom. The van der Waals surface area contributed by atoms with Gasteiger partial charge in [0.25, 0.3) is 0 Å². The lowest BCUT2D eigenvalue weighted by molar-refractivity contribution is -0.148. The van der Waals surface area contributed by atoms with Crippen LogP contribution in [0.1, 0.15) is 49.9 Å². The number of hydrogen-bond donors (Lipinski definition) is 1. The van der Waals surface area contributed by atoms with Crippen molar-refractivity contribution in [2.24, 2.45) is 0 Å². The fourth-order valence-electron chi connectivity index (χ4n) is 4.37. The third-order valence-corrected chi connectivity index (χ3v) is 6.61. The quantitative estimate of drug-likeness (QED) is 0.454. The molecule has 0 amide bonds. The van der Waals surface area contributed by atoms with E-state index in [1.165, 1.54) is 7.11 Å². The van der Waals surface area contributed by atoms with Crippen molar-refractivity contribution in [3.63, 3.8) is 0 Å². The maximum atomic E-state index is 14.2. The highest BCUT2D eigenvalue weighted by Crippen LogP contribution is 2.48. The summed E-state index contributed by atoms with van der Waals surface area (Å²) < 4.78 is 60.3. The molecule has 2 aliphatic carbocycles. The SMILES string of the molecule is COc1cccc(-c2noc(-c3cnn(C4CC(C)(O)C4)c3C(F)(F)F)c2COC2CC2)c1Cl. The lowest BCUT2D eigenvalue weighted by atomic mass is 9.77. The smallest absolute Gasteiger partial charge is 0.433 e. The first-order chi connectivity index (χ1) is 16.1. The molecule has 0 saturated heterocycles. The van der Waals surface area contributed by atoms with E-state index in [4.69, 9.17) is 25.6 Å². The fourth-order valence-corrected chi connectivity index (χ4v) is 4.66. The molecule has 1 N–H and O–H groups in total. The molecule has 2 aromatic heterocycles. The Kier molecular flexibility index (Phi) is 5.65. The zero-order valence-electron chi connectivity index (χ0n) is 18.5. The number of aliphatic hydroxyl groups is 1. The minimum absolute atomic E-state index is 0.00693.